The summed E-state index contributed by atoms with van der Waals surface area (Å²) in [4.78, 5) is 26.1. The highest BCUT2D eigenvalue weighted by atomic mass is 79.9. The fraction of sp³-hybridized carbons (Fsp3) is 0.222. The Kier molecular flexibility index (Phi) is 4.66. The van der Waals surface area contributed by atoms with E-state index in [1.807, 2.05) is 25.1 Å². The van der Waals surface area contributed by atoms with Gasteiger partial charge in [0.1, 0.15) is 5.82 Å². The maximum atomic E-state index is 13.0. The van der Waals surface area contributed by atoms with Crippen LogP contribution in [0.5, 0.6) is 0 Å². The molecule has 3 rings (SSSR count). The van der Waals surface area contributed by atoms with Crippen LogP contribution in [0.4, 0.5) is 15.8 Å². The summed E-state index contributed by atoms with van der Waals surface area (Å²) in [7, 11) is 0. The van der Waals surface area contributed by atoms with E-state index < -0.39 is 5.92 Å². The Bertz CT molecular complexity index is 792. The van der Waals surface area contributed by atoms with E-state index in [1.165, 1.54) is 17.0 Å². The highest BCUT2D eigenvalue weighted by molar-refractivity contribution is 9.10. The molecule has 1 N–H and O–H groups in total. The molecule has 1 aliphatic rings. The third-order valence-corrected chi connectivity index (χ3v) is 4.95. The molecule has 1 atom stereocenters. The highest BCUT2D eigenvalue weighted by Gasteiger charge is 2.35. The van der Waals surface area contributed by atoms with E-state index >= 15 is 0 Å². The maximum Gasteiger partial charge on any atom is 0.229 e. The van der Waals surface area contributed by atoms with Gasteiger partial charge in [-0.25, -0.2) is 4.39 Å². The lowest BCUT2D eigenvalue weighted by atomic mass is 10.1. The van der Waals surface area contributed by atoms with E-state index in [9.17, 15) is 14.0 Å². The maximum absolute atomic E-state index is 13.0. The second kappa shape index (κ2) is 6.73. The van der Waals surface area contributed by atoms with Crippen molar-refractivity contribution in [2.24, 2.45) is 5.92 Å². The molecule has 0 aromatic heterocycles. The summed E-state index contributed by atoms with van der Waals surface area (Å²) in [5, 5.41) is 2.85. The van der Waals surface area contributed by atoms with Crippen LogP contribution in [0.3, 0.4) is 0 Å². The summed E-state index contributed by atoms with van der Waals surface area (Å²) >= 11 is 3.42. The Morgan fingerprint density at radius 3 is 2.62 bits per heavy atom. The van der Waals surface area contributed by atoms with Gasteiger partial charge in [0, 0.05) is 28.8 Å². The molecule has 4 nitrogen and oxygen atoms in total. The molecule has 0 radical (unpaired) electrons. The van der Waals surface area contributed by atoms with E-state index in [4.69, 9.17) is 0 Å². The van der Waals surface area contributed by atoms with Crippen molar-refractivity contribution in [1.82, 2.24) is 0 Å². The van der Waals surface area contributed by atoms with Crippen LogP contribution < -0.4 is 10.2 Å². The largest absolute Gasteiger partial charge is 0.326 e. The van der Waals surface area contributed by atoms with Crippen LogP contribution in [0.1, 0.15) is 12.0 Å². The molecule has 2 aromatic rings. The molecule has 124 valence electrons. The van der Waals surface area contributed by atoms with Gasteiger partial charge in [0.25, 0.3) is 0 Å². The van der Waals surface area contributed by atoms with Crippen LogP contribution in [-0.4, -0.2) is 18.4 Å². The SMILES string of the molecule is Cc1cc(NC(=O)[C@@H]2CC(=O)N(c3ccc(F)cc3)C2)ccc1Br. The van der Waals surface area contributed by atoms with Gasteiger partial charge in [0.15, 0.2) is 0 Å². The first kappa shape index (κ1) is 16.6. The normalized spacial score (nSPS) is 17.2. The summed E-state index contributed by atoms with van der Waals surface area (Å²) in [6.45, 7) is 2.24. The Morgan fingerprint density at radius 1 is 1.25 bits per heavy atom. The monoisotopic (exact) mass is 390 g/mol. The average Bonchev–Trinajstić information content (AvgIpc) is 2.94. The standard InChI is InChI=1S/C18H16BrFN2O2/c1-11-8-14(4-7-16(11)19)21-18(24)12-9-17(23)22(10-12)15-5-2-13(20)3-6-15/h2-8,12H,9-10H2,1H3,(H,21,24)/t12-/m1/s1. The van der Waals surface area contributed by atoms with Crippen molar-refractivity contribution in [3.63, 3.8) is 0 Å². The van der Waals surface area contributed by atoms with Gasteiger partial charge in [-0.1, -0.05) is 15.9 Å². The van der Waals surface area contributed by atoms with Crippen molar-refractivity contribution < 1.29 is 14.0 Å². The lowest BCUT2D eigenvalue weighted by molar-refractivity contribution is -0.122. The minimum absolute atomic E-state index is 0.131. The number of hydrogen-bond acceptors (Lipinski definition) is 2. The Labute approximate surface area is 147 Å². The van der Waals surface area contributed by atoms with Gasteiger partial charge in [-0.05, 0) is 55.0 Å². The molecular formula is C18H16BrFN2O2. The van der Waals surface area contributed by atoms with Gasteiger partial charge in [-0.15, -0.1) is 0 Å². The molecule has 1 aliphatic heterocycles. The third kappa shape index (κ3) is 3.48. The minimum atomic E-state index is -0.425. The molecule has 0 aliphatic carbocycles. The van der Waals surface area contributed by atoms with Crippen LogP contribution in [0.2, 0.25) is 0 Å². The van der Waals surface area contributed by atoms with E-state index in [0.29, 0.717) is 17.9 Å². The molecule has 0 spiro atoms. The number of rotatable bonds is 3. The molecule has 6 heteroatoms. The molecule has 2 amide bonds. The molecule has 1 saturated heterocycles. The number of hydrogen-bond donors (Lipinski definition) is 1. The van der Waals surface area contributed by atoms with Crippen molar-refractivity contribution in [2.45, 2.75) is 13.3 Å². The summed E-state index contributed by atoms with van der Waals surface area (Å²) in [5.41, 5.74) is 2.33. The van der Waals surface area contributed by atoms with Crippen molar-refractivity contribution in [3.8, 4) is 0 Å². The number of benzene rings is 2. The second-order valence-corrected chi connectivity index (χ2v) is 6.69. The predicted octanol–water partition coefficient (Wildman–Crippen LogP) is 3.89. The lowest BCUT2D eigenvalue weighted by Crippen LogP contribution is -2.28. The number of halogens is 2. The number of anilines is 2. The van der Waals surface area contributed by atoms with Gasteiger partial charge >= 0.3 is 0 Å². The van der Waals surface area contributed by atoms with Crippen molar-refractivity contribution in [2.75, 3.05) is 16.8 Å². The van der Waals surface area contributed by atoms with Crippen LogP contribution in [0, 0.1) is 18.7 Å². The molecule has 0 saturated carbocycles. The number of carbonyl (C=O) groups is 2. The summed E-state index contributed by atoms with van der Waals surface area (Å²) < 4.78 is 14.0. The molecule has 0 unspecified atom stereocenters. The fourth-order valence-electron chi connectivity index (χ4n) is 2.72. The summed E-state index contributed by atoms with van der Waals surface area (Å²) in [6, 6.07) is 11.3. The number of aryl methyl sites for hydroxylation is 1. The van der Waals surface area contributed by atoms with Crippen LogP contribution >= 0.6 is 15.9 Å². The van der Waals surface area contributed by atoms with Crippen LogP contribution in [0.15, 0.2) is 46.9 Å². The number of carbonyl (C=O) groups excluding carboxylic acids is 2. The Hall–Kier alpha value is -2.21. The van der Waals surface area contributed by atoms with E-state index in [2.05, 4.69) is 21.2 Å². The first-order valence-corrected chi connectivity index (χ1v) is 8.36. The predicted molar refractivity (Wildman–Crippen MR) is 94.4 cm³/mol. The topological polar surface area (TPSA) is 49.4 Å². The summed E-state index contributed by atoms with van der Waals surface area (Å²) in [6.07, 6.45) is 0.152. The summed E-state index contributed by atoms with van der Waals surface area (Å²) in [5.74, 6) is -1.10. The van der Waals surface area contributed by atoms with Crippen LogP contribution in [0.25, 0.3) is 0 Å². The highest BCUT2D eigenvalue weighted by Crippen LogP contribution is 2.27. The van der Waals surface area contributed by atoms with Gasteiger partial charge < -0.3 is 10.2 Å². The number of amides is 2. The zero-order valence-electron chi connectivity index (χ0n) is 13.1. The van der Waals surface area contributed by atoms with Crippen molar-refractivity contribution in [3.05, 3.63) is 58.3 Å². The second-order valence-electron chi connectivity index (χ2n) is 5.84. The number of nitrogens with one attached hydrogen (secondary N) is 1. The molecule has 0 bridgehead atoms. The van der Waals surface area contributed by atoms with Crippen molar-refractivity contribution in [1.29, 1.82) is 0 Å². The quantitative estimate of drug-likeness (QED) is 0.863. The van der Waals surface area contributed by atoms with E-state index in [1.54, 1.807) is 12.1 Å². The van der Waals surface area contributed by atoms with Gasteiger partial charge in [0.2, 0.25) is 11.8 Å². The molecule has 1 heterocycles. The zero-order valence-corrected chi connectivity index (χ0v) is 14.6. The first-order chi connectivity index (χ1) is 11.4. The third-order valence-electron chi connectivity index (χ3n) is 4.06. The zero-order chi connectivity index (χ0) is 17.3. The van der Waals surface area contributed by atoms with Gasteiger partial charge in [-0.3, -0.25) is 9.59 Å². The Balaban J connectivity index is 1.69. The first-order valence-electron chi connectivity index (χ1n) is 7.57. The molecular weight excluding hydrogens is 375 g/mol. The van der Waals surface area contributed by atoms with Crippen LogP contribution in [-0.2, 0) is 9.59 Å². The minimum Gasteiger partial charge on any atom is -0.326 e. The van der Waals surface area contributed by atoms with Gasteiger partial charge in [-0.2, -0.15) is 0 Å². The smallest absolute Gasteiger partial charge is 0.229 e. The fourth-order valence-corrected chi connectivity index (χ4v) is 2.97. The van der Waals surface area contributed by atoms with Crippen molar-refractivity contribution >= 4 is 39.1 Å². The molecule has 24 heavy (non-hydrogen) atoms. The molecule has 1 fully saturated rings. The number of nitrogens with zero attached hydrogens (tertiary/aromatic N) is 1. The van der Waals surface area contributed by atoms with Gasteiger partial charge in [0.05, 0.1) is 5.92 Å². The lowest BCUT2D eigenvalue weighted by Gasteiger charge is -2.16. The van der Waals surface area contributed by atoms with E-state index in [0.717, 1.165) is 10.0 Å². The average molecular weight is 391 g/mol. The van der Waals surface area contributed by atoms with E-state index in [-0.39, 0.29) is 24.1 Å². The molecule has 2 aromatic carbocycles. The Morgan fingerprint density at radius 2 is 1.96 bits per heavy atom.